The van der Waals surface area contributed by atoms with Crippen LogP contribution in [-0.4, -0.2) is 17.0 Å². The molecule has 10 atom stereocenters. The molecule has 5 rings (SSSR count). The molecule has 252 valence electrons. The fourth-order valence-corrected chi connectivity index (χ4v) is 14.3. The van der Waals surface area contributed by atoms with E-state index in [1.165, 1.54) is 83.5 Å². The number of carbonyl (C=O) groups is 1. The van der Waals surface area contributed by atoms with Gasteiger partial charge in [-0.2, -0.15) is 0 Å². The third kappa shape index (κ3) is 5.10. The van der Waals surface area contributed by atoms with Crippen LogP contribution in [0, 0.1) is 62.6 Å². The van der Waals surface area contributed by atoms with Gasteiger partial charge in [0, 0.05) is 5.88 Å². The molecule has 2 nitrogen and oxygen atoms in total. The summed E-state index contributed by atoms with van der Waals surface area (Å²) in [6, 6.07) is 0. The van der Waals surface area contributed by atoms with Crippen molar-refractivity contribution in [2.75, 3.05) is 5.88 Å². The smallest absolute Gasteiger partial charge is 0.310 e. The van der Waals surface area contributed by atoms with Crippen LogP contribution in [0.2, 0.25) is 0 Å². The third-order valence-electron chi connectivity index (χ3n) is 15.8. The highest BCUT2D eigenvalue weighted by Crippen LogP contribution is 2.80. The monoisotopic (exact) mass is 628 g/mol. The number of allylic oxidation sites excluding steroid dienone is 2. The van der Waals surface area contributed by atoms with Crippen LogP contribution >= 0.6 is 11.6 Å². The highest BCUT2D eigenvalue weighted by molar-refractivity contribution is 6.17. The maximum absolute atomic E-state index is 13.4. The first kappa shape index (κ1) is 34.8. The highest BCUT2D eigenvalue weighted by atomic mass is 35.5. The Kier molecular flexibility index (Phi) is 10.2. The molecule has 0 aromatic rings. The van der Waals surface area contributed by atoms with Gasteiger partial charge in [-0.1, -0.05) is 92.2 Å². The summed E-state index contributed by atoms with van der Waals surface area (Å²) in [5, 5.41) is 11.0. The van der Waals surface area contributed by atoms with Crippen molar-refractivity contribution in [3.05, 3.63) is 11.1 Å². The van der Waals surface area contributed by atoms with Crippen LogP contribution in [0.4, 0.5) is 0 Å². The summed E-state index contributed by atoms with van der Waals surface area (Å²) in [6.07, 6.45) is 21.8. The third-order valence-corrected chi connectivity index (χ3v) is 16.1. The first-order valence-electron chi connectivity index (χ1n) is 19.5. The van der Waals surface area contributed by atoms with Gasteiger partial charge >= 0.3 is 5.97 Å². The van der Waals surface area contributed by atoms with Crippen LogP contribution in [0.1, 0.15) is 171 Å². The minimum absolute atomic E-state index is 0.0933. The average Bonchev–Trinajstić information content (AvgIpc) is 3.91. The average molecular weight is 629 g/mol. The molecule has 0 saturated heterocycles. The molecule has 0 aliphatic heterocycles. The van der Waals surface area contributed by atoms with Crippen LogP contribution in [0.3, 0.4) is 0 Å². The summed E-state index contributed by atoms with van der Waals surface area (Å²) < 4.78 is 0. The molecule has 4 bridgehead atoms. The summed E-state index contributed by atoms with van der Waals surface area (Å²) in [7, 11) is 0. The quantitative estimate of drug-likeness (QED) is 0.172. The lowest BCUT2D eigenvalue weighted by molar-refractivity contribution is -0.185. The van der Waals surface area contributed by atoms with E-state index in [0.29, 0.717) is 23.6 Å². The minimum Gasteiger partial charge on any atom is -0.481 e. The predicted molar refractivity (Wildman–Crippen MR) is 187 cm³/mol. The van der Waals surface area contributed by atoms with Crippen LogP contribution in [0.5, 0.6) is 0 Å². The number of hydrogen-bond acceptors (Lipinski definition) is 1. The molecule has 1 spiro atoms. The van der Waals surface area contributed by atoms with Gasteiger partial charge in [0.25, 0.3) is 0 Å². The maximum atomic E-state index is 13.4. The molecule has 0 radical (unpaired) electrons. The van der Waals surface area contributed by atoms with Crippen LogP contribution < -0.4 is 0 Å². The van der Waals surface area contributed by atoms with E-state index in [4.69, 9.17) is 11.6 Å². The molecular formula is C41H69ClO2. The molecule has 5 aliphatic rings. The van der Waals surface area contributed by atoms with Crippen molar-refractivity contribution < 1.29 is 9.90 Å². The molecule has 44 heavy (non-hydrogen) atoms. The fourth-order valence-electron chi connectivity index (χ4n) is 14.0. The number of alkyl halides is 1. The second-order valence-electron chi connectivity index (χ2n) is 17.5. The Labute approximate surface area is 277 Å². The Hall–Kier alpha value is -0.500. The van der Waals surface area contributed by atoms with E-state index >= 15 is 0 Å². The number of halogens is 1. The first-order valence-corrected chi connectivity index (χ1v) is 20.0. The van der Waals surface area contributed by atoms with Crippen molar-refractivity contribution in [2.24, 2.45) is 62.6 Å². The summed E-state index contributed by atoms with van der Waals surface area (Å²) in [6.45, 7) is 20.1. The van der Waals surface area contributed by atoms with Crippen LogP contribution in [-0.2, 0) is 4.79 Å². The number of aliphatic carboxylic acids is 1. The predicted octanol–water partition coefficient (Wildman–Crippen LogP) is 12.5. The summed E-state index contributed by atoms with van der Waals surface area (Å²) >= 11 is 6.75. The molecule has 0 aromatic heterocycles. The Morgan fingerprint density at radius 1 is 0.977 bits per heavy atom. The lowest BCUT2D eigenvalue weighted by atomic mass is 9.36. The highest BCUT2D eigenvalue weighted by Gasteiger charge is 2.76. The second kappa shape index (κ2) is 12.8. The Morgan fingerprint density at radius 3 is 2.23 bits per heavy atom. The summed E-state index contributed by atoms with van der Waals surface area (Å²) in [4.78, 5) is 13.4. The zero-order chi connectivity index (χ0) is 32.1. The van der Waals surface area contributed by atoms with Crippen molar-refractivity contribution in [3.8, 4) is 0 Å². The van der Waals surface area contributed by atoms with Crippen LogP contribution in [0.15, 0.2) is 11.1 Å². The number of hydrogen-bond donors (Lipinski definition) is 1. The van der Waals surface area contributed by atoms with E-state index in [1.807, 2.05) is 0 Å². The van der Waals surface area contributed by atoms with Gasteiger partial charge in [0.05, 0.1) is 5.41 Å². The first-order chi connectivity index (χ1) is 20.9. The topological polar surface area (TPSA) is 37.3 Å². The van der Waals surface area contributed by atoms with Gasteiger partial charge < -0.3 is 5.11 Å². The van der Waals surface area contributed by atoms with E-state index in [-0.39, 0.29) is 21.7 Å². The lowest BCUT2D eigenvalue weighted by Gasteiger charge is -2.68. The van der Waals surface area contributed by atoms with Gasteiger partial charge in [-0.3, -0.25) is 4.79 Å². The Balaban J connectivity index is 1.83. The fraction of sp³-hybridized carbons (Fsp3) is 0.927. The molecule has 0 aromatic carbocycles. The molecule has 5 fully saturated rings. The van der Waals surface area contributed by atoms with E-state index in [9.17, 15) is 9.90 Å². The molecule has 0 amide bonds. The van der Waals surface area contributed by atoms with Crippen molar-refractivity contribution in [3.63, 3.8) is 0 Å². The molecule has 3 heteroatoms. The molecule has 10 unspecified atom stereocenters. The second-order valence-corrected chi connectivity index (χ2v) is 17.9. The number of carboxylic acid groups (broad SMARTS) is 1. The molecular weight excluding hydrogens is 560 g/mol. The Bertz CT molecular complexity index is 1080. The van der Waals surface area contributed by atoms with Gasteiger partial charge in [-0.25, -0.2) is 0 Å². The Morgan fingerprint density at radius 2 is 1.70 bits per heavy atom. The zero-order valence-corrected chi connectivity index (χ0v) is 30.9. The van der Waals surface area contributed by atoms with Gasteiger partial charge in [-0.05, 0) is 147 Å². The summed E-state index contributed by atoms with van der Waals surface area (Å²) in [5.74, 6) is 4.25. The van der Waals surface area contributed by atoms with Crippen LogP contribution in [0.25, 0.3) is 0 Å². The molecule has 5 aliphatic carbocycles. The van der Waals surface area contributed by atoms with E-state index < -0.39 is 11.4 Å². The van der Waals surface area contributed by atoms with Gasteiger partial charge in [-0.15, -0.1) is 11.6 Å². The SMILES string of the molecule is CCC/C(CC)=C1/C(CCCl)CC2(CC2(CC)C(=O)O)C2CCC(C)C(C(CC)CCC)(C2)C2(C)CC1(C)CCC2C1CC1. The number of carboxylic acids is 1. The molecule has 0 heterocycles. The van der Waals surface area contributed by atoms with Gasteiger partial charge in [0.2, 0.25) is 0 Å². The van der Waals surface area contributed by atoms with E-state index in [0.717, 1.165) is 49.9 Å². The zero-order valence-electron chi connectivity index (χ0n) is 30.1. The number of fused-ring (bicyclic) bond motifs is 6. The van der Waals surface area contributed by atoms with Gasteiger partial charge in [0.15, 0.2) is 0 Å². The maximum Gasteiger partial charge on any atom is 0.310 e. The van der Waals surface area contributed by atoms with Crippen molar-refractivity contribution in [1.29, 1.82) is 0 Å². The largest absolute Gasteiger partial charge is 0.481 e. The van der Waals surface area contributed by atoms with E-state index in [1.54, 1.807) is 11.1 Å². The van der Waals surface area contributed by atoms with E-state index in [2.05, 4.69) is 55.4 Å². The van der Waals surface area contributed by atoms with Crippen molar-refractivity contribution in [1.82, 2.24) is 0 Å². The molecule has 5 saturated carbocycles. The number of rotatable bonds is 12. The summed E-state index contributed by atoms with van der Waals surface area (Å²) in [5.41, 5.74) is 3.56. The minimum atomic E-state index is -0.560. The van der Waals surface area contributed by atoms with Crippen molar-refractivity contribution in [2.45, 2.75) is 171 Å². The lowest BCUT2D eigenvalue weighted by Crippen LogP contribution is -2.61. The van der Waals surface area contributed by atoms with Gasteiger partial charge in [0.1, 0.15) is 0 Å². The molecule has 1 N–H and O–H groups in total. The standard InChI is InChI=1S/C41H69ClO2/c1-9-14-29(11-3)35-31(21-23-42)24-40(27-39(40,13-5)36(43)44)33-19-16-28(6)41(25-33,32(12-4)15-10-2)38(8)26-37(35,7)22-20-34(38)30-17-18-30/h28,30-34H,9-27H2,1-8H3,(H,43,44)/b35-29-. The van der Waals surface area contributed by atoms with Crippen molar-refractivity contribution >= 4 is 17.6 Å². The normalized spacial score (nSPS) is 45.6.